The van der Waals surface area contributed by atoms with Gasteiger partial charge in [0.25, 0.3) is 0 Å². The van der Waals surface area contributed by atoms with E-state index < -0.39 is 0 Å². The van der Waals surface area contributed by atoms with Crippen LogP contribution < -0.4 is 0 Å². The molecule has 4 aliphatic carbocycles. The molecule has 0 radical (unpaired) electrons. The second-order valence-electron chi connectivity index (χ2n) is 9.04. The Morgan fingerprint density at radius 2 is 2.10 bits per heavy atom. The number of hydrogen-bond acceptors (Lipinski definition) is 1. The summed E-state index contributed by atoms with van der Waals surface area (Å²) in [5.74, 6) is 1.64. The van der Waals surface area contributed by atoms with Gasteiger partial charge in [-0.25, -0.2) is 0 Å². The summed E-state index contributed by atoms with van der Waals surface area (Å²) in [5.41, 5.74) is 4.05. The minimum absolute atomic E-state index is 0.0427. The van der Waals surface area contributed by atoms with Crippen LogP contribution in [0.15, 0.2) is 23.8 Å². The lowest BCUT2D eigenvalue weighted by molar-refractivity contribution is -0.0296. The SMILES string of the molecule is C=C1CC23CC=C4C(C)(CO)CCCC4(C)C2CCC1C3. The highest BCUT2D eigenvalue weighted by molar-refractivity contribution is 5.34. The molecule has 0 aromatic rings. The van der Waals surface area contributed by atoms with Gasteiger partial charge in [0.15, 0.2) is 0 Å². The summed E-state index contributed by atoms with van der Waals surface area (Å²) < 4.78 is 0. The summed E-state index contributed by atoms with van der Waals surface area (Å²) in [5, 5.41) is 10.0. The molecule has 1 N–H and O–H groups in total. The van der Waals surface area contributed by atoms with Crippen molar-refractivity contribution in [2.75, 3.05) is 6.61 Å². The topological polar surface area (TPSA) is 20.2 Å². The zero-order chi connectivity index (χ0) is 14.9. The monoisotopic (exact) mass is 286 g/mol. The molecule has 0 amide bonds. The highest BCUT2D eigenvalue weighted by Crippen LogP contribution is 2.70. The maximum atomic E-state index is 10.0. The van der Waals surface area contributed by atoms with E-state index >= 15 is 0 Å². The van der Waals surface area contributed by atoms with Crippen molar-refractivity contribution in [2.45, 2.75) is 65.2 Å². The molecule has 0 aliphatic heterocycles. The second kappa shape index (κ2) is 4.25. The minimum Gasteiger partial charge on any atom is -0.395 e. The predicted octanol–water partition coefficient (Wildman–Crippen LogP) is 4.87. The summed E-state index contributed by atoms with van der Waals surface area (Å²) in [4.78, 5) is 0. The van der Waals surface area contributed by atoms with E-state index in [9.17, 15) is 5.11 Å². The van der Waals surface area contributed by atoms with Gasteiger partial charge in [0.2, 0.25) is 0 Å². The molecule has 0 aromatic carbocycles. The van der Waals surface area contributed by atoms with Gasteiger partial charge in [0.05, 0.1) is 6.61 Å². The van der Waals surface area contributed by atoms with Crippen LogP contribution in [0.3, 0.4) is 0 Å². The van der Waals surface area contributed by atoms with E-state index in [2.05, 4.69) is 26.5 Å². The molecule has 4 rings (SSSR count). The second-order valence-corrected chi connectivity index (χ2v) is 9.04. The molecule has 5 atom stereocenters. The van der Waals surface area contributed by atoms with E-state index in [1.54, 1.807) is 11.1 Å². The lowest BCUT2D eigenvalue weighted by atomic mass is 9.45. The summed E-state index contributed by atoms with van der Waals surface area (Å²) in [6.45, 7) is 9.54. The van der Waals surface area contributed by atoms with Gasteiger partial charge >= 0.3 is 0 Å². The zero-order valence-electron chi connectivity index (χ0n) is 13.8. The van der Waals surface area contributed by atoms with Gasteiger partial charge in [0.1, 0.15) is 0 Å². The van der Waals surface area contributed by atoms with Crippen molar-refractivity contribution in [3.63, 3.8) is 0 Å². The highest BCUT2D eigenvalue weighted by atomic mass is 16.3. The van der Waals surface area contributed by atoms with Crippen LogP contribution in [-0.4, -0.2) is 11.7 Å². The van der Waals surface area contributed by atoms with Crippen molar-refractivity contribution in [1.82, 2.24) is 0 Å². The molecular weight excluding hydrogens is 256 g/mol. The number of allylic oxidation sites excluding steroid dienone is 2. The van der Waals surface area contributed by atoms with E-state index in [0.717, 1.165) is 11.8 Å². The Bertz CT molecular complexity index is 518. The van der Waals surface area contributed by atoms with Gasteiger partial charge in [-0.15, -0.1) is 0 Å². The number of hydrogen-bond donors (Lipinski definition) is 1. The van der Waals surface area contributed by atoms with Crippen LogP contribution in [0.5, 0.6) is 0 Å². The maximum absolute atomic E-state index is 10.0. The Balaban J connectivity index is 1.81. The van der Waals surface area contributed by atoms with Crippen LogP contribution in [0.4, 0.5) is 0 Å². The highest BCUT2D eigenvalue weighted by Gasteiger charge is 2.60. The molecule has 1 heteroatoms. The molecule has 1 nitrogen and oxygen atoms in total. The Morgan fingerprint density at radius 1 is 1.29 bits per heavy atom. The molecular formula is C20H30O. The fraction of sp³-hybridized carbons (Fsp3) is 0.800. The van der Waals surface area contributed by atoms with Crippen molar-refractivity contribution in [3.8, 4) is 0 Å². The molecule has 116 valence electrons. The van der Waals surface area contributed by atoms with E-state index in [-0.39, 0.29) is 5.41 Å². The molecule has 21 heavy (non-hydrogen) atoms. The Kier molecular flexibility index (Phi) is 2.85. The first-order valence-corrected chi connectivity index (χ1v) is 8.93. The van der Waals surface area contributed by atoms with Gasteiger partial charge in [-0.05, 0) is 67.6 Å². The largest absolute Gasteiger partial charge is 0.395 e. The van der Waals surface area contributed by atoms with Crippen LogP contribution in [0.1, 0.15) is 65.2 Å². The quantitative estimate of drug-likeness (QED) is 0.682. The van der Waals surface area contributed by atoms with Gasteiger partial charge in [-0.2, -0.15) is 0 Å². The minimum atomic E-state index is 0.0427. The smallest absolute Gasteiger partial charge is 0.0522 e. The van der Waals surface area contributed by atoms with Crippen molar-refractivity contribution in [2.24, 2.45) is 28.1 Å². The molecule has 4 aliphatic rings. The van der Waals surface area contributed by atoms with E-state index in [4.69, 9.17) is 0 Å². The summed E-state index contributed by atoms with van der Waals surface area (Å²) in [6, 6.07) is 0. The van der Waals surface area contributed by atoms with Gasteiger partial charge in [-0.1, -0.05) is 44.1 Å². The van der Waals surface area contributed by atoms with Crippen molar-refractivity contribution < 1.29 is 5.11 Å². The standard InChI is InChI=1S/C20H30O/c1-14-11-20-10-7-16-18(2,13-21)8-4-9-19(16,3)17(20)6-5-15(14)12-20/h7,15,17,21H,1,4-6,8-13H2,2-3H3. The lowest BCUT2D eigenvalue weighted by Gasteiger charge is -2.60. The first-order valence-electron chi connectivity index (χ1n) is 8.93. The average molecular weight is 286 g/mol. The number of aliphatic hydroxyl groups is 1. The van der Waals surface area contributed by atoms with Crippen molar-refractivity contribution >= 4 is 0 Å². The van der Waals surface area contributed by atoms with Crippen LogP contribution >= 0.6 is 0 Å². The summed E-state index contributed by atoms with van der Waals surface area (Å²) in [7, 11) is 0. The summed E-state index contributed by atoms with van der Waals surface area (Å²) >= 11 is 0. The van der Waals surface area contributed by atoms with Crippen molar-refractivity contribution in [3.05, 3.63) is 23.8 Å². The third-order valence-corrected chi connectivity index (χ3v) is 7.87. The number of aliphatic hydroxyl groups excluding tert-OH is 1. The maximum Gasteiger partial charge on any atom is 0.0522 e. The third kappa shape index (κ3) is 1.67. The van der Waals surface area contributed by atoms with Crippen LogP contribution in [0.25, 0.3) is 0 Å². The average Bonchev–Trinajstić information content (AvgIpc) is 2.68. The molecule has 3 fully saturated rings. The third-order valence-electron chi connectivity index (χ3n) is 7.87. The summed E-state index contributed by atoms with van der Waals surface area (Å²) in [6.07, 6.45) is 13.0. The molecule has 5 unspecified atom stereocenters. The zero-order valence-corrected chi connectivity index (χ0v) is 13.8. The molecule has 0 aromatic heterocycles. The molecule has 0 saturated heterocycles. The Morgan fingerprint density at radius 3 is 2.86 bits per heavy atom. The Labute approximate surface area is 129 Å². The van der Waals surface area contributed by atoms with E-state index in [0.29, 0.717) is 17.4 Å². The molecule has 2 bridgehead atoms. The first kappa shape index (κ1) is 14.1. The molecule has 1 spiro atoms. The predicted molar refractivity (Wildman–Crippen MR) is 86.9 cm³/mol. The van der Waals surface area contributed by atoms with Gasteiger partial charge < -0.3 is 5.11 Å². The van der Waals surface area contributed by atoms with Crippen molar-refractivity contribution in [1.29, 1.82) is 0 Å². The van der Waals surface area contributed by atoms with Crippen LogP contribution in [-0.2, 0) is 0 Å². The van der Waals surface area contributed by atoms with Crippen LogP contribution in [0, 0.1) is 28.1 Å². The van der Waals surface area contributed by atoms with Gasteiger partial charge in [0, 0.05) is 5.41 Å². The Hall–Kier alpha value is -0.560. The fourth-order valence-corrected chi connectivity index (χ4v) is 6.96. The number of rotatable bonds is 1. The fourth-order valence-electron chi connectivity index (χ4n) is 6.96. The van der Waals surface area contributed by atoms with E-state index in [1.165, 1.54) is 51.4 Å². The number of fused-ring (bicyclic) bond motifs is 3. The normalized spacial score (nSPS) is 52.1. The molecule has 0 heterocycles. The van der Waals surface area contributed by atoms with E-state index in [1.807, 2.05) is 0 Å². The first-order chi connectivity index (χ1) is 9.94. The van der Waals surface area contributed by atoms with Crippen LogP contribution in [0.2, 0.25) is 0 Å². The lowest BCUT2D eigenvalue weighted by Crippen LogP contribution is -2.51. The molecule has 3 saturated carbocycles. The van der Waals surface area contributed by atoms with Gasteiger partial charge in [-0.3, -0.25) is 0 Å².